The minimum absolute atomic E-state index is 1.11. The SMILES string of the molecule is CC.CC.CCCC.CCC[N+]1=CCc2ccccc21. The molecule has 0 amide bonds. The van der Waals surface area contributed by atoms with Gasteiger partial charge in [-0.15, -0.1) is 0 Å². The molecule has 0 saturated carbocycles. The molecule has 1 nitrogen and oxygen atoms in total. The minimum atomic E-state index is 1.11. The lowest BCUT2D eigenvalue weighted by molar-refractivity contribution is -0.432. The number of fused-ring (bicyclic) bond motifs is 1. The third kappa shape index (κ3) is 8.14. The topological polar surface area (TPSA) is 3.01 Å². The van der Waals surface area contributed by atoms with Crippen LogP contribution < -0.4 is 0 Å². The molecule has 1 heterocycles. The van der Waals surface area contributed by atoms with Gasteiger partial charge in [0, 0.05) is 18.1 Å². The first-order valence-electron chi connectivity index (χ1n) is 8.51. The van der Waals surface area contributed by atoms with Crippen molar-refractivity contribution in [3.8, 4) is 0 Å². The number of hydrogen-bond donors (Lipinski definition) is 0. The van der Waals surface area contributed by atoms with E-state index in [1.807, 2.05) is 27.7 Å². The van der Waals surface area contributed by atoms with Crippen molar-refractivity contribution in [3.05, 3.63) is 29.8 Å². The van der Waals surface area contributed by atoms with Crippen LogP contribution in [0, 0.1) is 0 Å². The van der Waals surface area contributed by atoms with E-state index in [0.29, 0.717) is 0 Å². The van der Waals surface area contributed by atoms with Gasteiger partial charge in [-0.25, -0.2) is 4.58 Å². The number of benzene rings is 1. The van der Waals surface area contributed by atoms with Crippen LogP contribution in [-0.4, -0.2) is 17.3 Å². The summed E-state index contributed by atoms with van der Waals surface area (Å²) in [5, 5.41) is 0. The first kappa shape index (κ1) is 21.2. The fourth-order valence-corrected chi connectivity index (χ4v) is 1.72. The van der Waals surface area contributed by atoms with Crippen LogP contribution in [0.2, 0.25) is 0 Å². The number of para-hydroxylation sites is 1. The highest BCUT2D eigenvalue weighted by molar-refractivity contribution is 5.66. The van der Waals surface area contributed by atoms with E-state index in [9.17, 15) is 0 Å². The maximum atomic E-state index is 2.36. The molecule has 1 heteroatoms. The molecule has 20 heavy (non-hydrogen) atoms. The Balaban J connectivity index is 0. The average molecular weight is 279 g/mol. The van der Waals surface area contributed by atoms with Gasteiger partial charge in [-0.05, 0) is 0 Å². The molecule has 0 radical (unpaired) electrons. The Morgan fingerprint density at radius 2 is 1.40 bits per heavy atom. The van der Waals surface area contributed by atoms with Crippen LogP contribution in [0.25, 0.3) is 0 Å². The van der Waals surface area contributed by atoms with E-state index in [0.717, 1.165) is 13.0 Å². The van der Waals surface area contributed by atoms with E-state index in [1.165, 1.54) is 30.5 Å². The number of rotatable bonds is 3. The van der Waals surface area contributed by atoms with E-state index >= 15 is 0 Å². The van der Waals surface area contributed by atoms with Crippen molar-refractivity contribution < 1.29 is 4.58 Å². The van der Waals surface area contributed by atoms with E-state index in [4.69, 9.17) is 0 Å². The Bertz CT molecular complexity index is 337. The quantitative estimate of drug-likeness (QED) is 0.577. The van der Waals surface area contributed by atoms with Gasteiger partial charge in [-0.1, -0.05) is 79.5 Å². The maximum Gasteiger partial charge on any atom is 0.208 e. The molecule has 0 unspecified atom stereocenters. The minimum Gasteiger partial charge on any atom is -0.202 e. The molecule has 1 aliphatic rings. The van der Waals surface area contributed by atoms with Gasteiger partial charge in [0.2, 0.25) is 5.69 Å². The lowest BCUT2D eigenvalue weighted by atomic mass is 10.1. The summed E-state index contributed by atoms with van der Waals surface area (Å²) in [6, 6.07) is 8.64. The summed E-state index contributed by atoms with van der Waals surface area (Å²) in [6.07, 6.45) is 7.25. The third-order valence-corrected chi connectivity index (χ3v) is 2.80. The lowest BCUT2D eigenvalue weighted by Gasteiger charge is -1.96. The van der Waals surface area contributed by atoms with E-state index < -0.39 is 0 Å². The largest absolute Gasteiger partial charge is 0.208 e. The van der Waals surface area contributed by atoms with Crippen molar-refractivity contribution in [1.29, 1.82) is 0 Å². The van der Waals surface area contributed by atoms with Gasteiger partial charge in [-0.3, -0.25) is 0 Å². The number of hydrogen-bond acceptors (Lipinski definition) is 0. The molecule has 0 aromatic heterocycles. The van der Waals surface area contributed by atoms with E-state index in [1.54, 1.807) is 0 Å². The molecular formula is C19H36N+. The van der Waals surface area contributed by atoms with Crippen LogP contribution in [0.5, 0.6) is 0 Å². The molecule has 0 atom stereocenters. The van der Waals surface area contributed by atoms with Crippen molar-refractivity contribution in [3.63, 3.8) is 0 Å². The molecular weight excluding hydrogens is 242 g/mol. The molecule has 0 N–H and O–H groups in total. The zero-order chi connectivity index (χ0) is 15.8. The Kier molecular flexibility index (Phi) is 16.9. The maximum absolute atomic E-state index is 2.36. The van der Waals surface area contributed by atoms with Crippen LogP contribution >= 0.6 is 0 Å². The van der Waals surface area contributed by atoms with Crippen molar-refractivity contribution in [1.82, 2.24) is 0 Å². The van der Waals surface area contributed by atoms with Gasteiger partial charge in [0.1, 0.15) is 12.8 Å². The van der Waals surface area contributed by atoms with Crippen LogP contribution in [0.15, 0.2) is 24.3 Å². The summed E-state index contributed by atoms with van der Waals surface area (Å²) < 4.78 is 2.36. The van der Waals surface area contributed by atoms with Crippen LogP contribution in [0.1, 0.15) is 73.3 Å². The zero-order valence-electron chi connectivity index (χ0n) is 14.9. The van der Waals surface area contributed by atoms with Crippen molar-refractivity contribution in [2.45, 2.75) is 74.1 Å². The summed E-state index contributed by atoms with van der Waals surface area (Å²) in [6.45, 7) is 15.7. The smallest absolute Gasteiger partial charge is 0.202 e. The standard InChI is InChI=1S/C11H14N.C4H10.2C2H6/c1-2-8-12-9-7-10-5-3-4-6-11(10)12;1-3-4-2;2*1-2/h3-6,9H,2,7-8H2,1H3;3-4H2,1-2H3;2*1-2H3/q+1;;;. The molecule has 1 aliphatic heterocycles. The molecule has 2 rings (SSSR count). The van der Waals surface area contributed by atoms with E-state index in [-0.39, 0.29) is 0 Å². The lowest BCUT2D eigenvalue weighted by Crippen LogP contribution is -2.03. The van der Waals surface area contributed by atoms with Crippen LogP contribution in [0.3, 0.4) is 0 Å². The zero-order valence-corrected chi connectivity index (χ0v) is 14.9. The van der Waals surface area contributed by atoms with Crippen LogP contribution in [-0.2, 0) is 6.42 Å². The number of nitrogens with zero attached hydrogens (tertiary/aromatic N) is 1. The fraction of sp³-hybridized carbons (Fsp3) is 0.632. The summed E-state index contributed by atoms with van der Waals surface area (Å²) in [7, 11) is 0. The summed E-state index contributed by atoms with van der Waals surface area (Å²) in [4.78, 5) is 0. The van der Waals surface area contributed by atoms with Gasteiger partial charge in [0.05, 0.1) is 6.42 Å². The Hall–Kier alpha value is -1.11. The predicted octanol–water partition coefficient (Wildman–Crippen LogP) is 6.23. The summed E-state index contributed by atoms with van der Waals surface area (Å²) in [5.74, 6) is 0. The Morgan fingerprint density at radius 1 is 0.850 bits per heavy atom. The summed E-state index contributed by atoms with van der Waals surface area (Å²) >= 11 is 0. The van der Waals surface area contributed by atoms with Crippen LogP contribution in [0.4, 0.5) is 5.69 Å². The summed E-state index contributed by atoms with van der Waals surface area (Å²) in [5.41, 5.74) is 2.87. The normalized spacial score (nSPS) is 10.7. The molecule has 116 valence electrons. The van der Waals surface area contributed by atoms with Gasteiger partial charge < -0.3 is 0 Å². The molecule has 1 aromatic rings. The van der Waals surface area contributed by atoms with Gasteiger partial charge in [-0.2, -0.15) is 0 Å². The Labute approximate surface area is 127 Å². The second-order valence-electron chi connectivity index (χ2n) is 4.21. The van der Waals surface area contributed by atoms with Crippen molar-refractivity contribution >= 4 is 11.9 Å². The van der Waals surface area contributed by atoms with Gasteiger partial charge >= 0.3 is 0 Å². The predicted molar refractivity (Wildman–Crippen MR) is 94.6 cm³/mol. The molecule has 0 aliphatic carbocycles. The monoisotopic (exact) mass is 278 g/mol. The molecule has 0 saturated heterocycles. The molecule has 0 fully saturated rings. The highest BCUT2D eigenvalue weighted by Gasteiger charge is 2.18. The fourth-order valence-electron chi connectivity index (χ4n) is 1.72. The first-order valence-corrected chi connectivity index (χ1v) is 8.51. The Morgan fingerprint density at radius 3 is 1.90 bits per heavy atom. The highest BCUT2D eigenvalue weighted by Crippen LogP contribution is 2.22. The highest BCUT2D eigenvalue weighted by atomic mass is 15.0. The third-order valence-electron chi connectivity index (χ3n) is 2.80. The number of unbranched alkanes of at least 4 members (excludes halogenated alkanes) is 1. The second-order valence-corrected chi connectivity index (χ2v) is 4.21. The molecule has 0 bridgehead atoms. The first-order chi connectivity index (χ1) is 9.83. The van der Waals surface area contributed by atoms with Gasteiger partial charge in [0.15, 0.2) is 0 Å². The van der Waals surface area contributed by atoms with Gasteiger partial charge in [0.25, 0.3) is 0 Å². The molecule has 0 spiro atoms. The average Bonchev–Trinajstić information content (AvgIpc) is 2.95. The second kappa shape index (κ2) is 15.9. The van der Waals surface area contributed by atoms with E-state index in [2.05, 4.69) is 55.8 Å². The molecule has 1 aromatic carbocycles. The van der Waals surface area contributed by atoms with Crippen molar-refractivity contribution in [2.24, 2.45) is 0 Å². The van der Waals surface area contributed by atoms with Crippen molar-refractivity contribution in [2.75, 3.05) is 6.54 Å².